The van der Waals surface area contributed by atoms with Gasteiger partial charge in [-0.15, -0.1) is 0 Å². The lowest BCUT2D eigenvalue weighted by atomic mass is 10.1. The van der Waals surface area contributed by atoms with Crippen LogP contribution in [0.4, 0.5) is 8.78 Å². The summed E-state index contributed by atoms with van der Waals surface area (Å²) in [5, 5.41) is 2.06. The average molecular weight is 208 g/mol. The number of ether oxygens (including phenoxy) is 1. The van der Waals surface area contributed by atoms with Crippen molar-refractivity contribution < 1.29 is 13.5 Å². The van der Waals surface area contributed by atoms with E-state index in [-0.39, 0.29) is 0 Å². The number of benzene rings is 2. The first-order chi connectivity index (χ1) is 7.25. The number of halogens is 2. The Morgan fingerprint density at radius 2 is 1.73 bits per heavy atom. The average Bonchev–Trinajstić information content (AvgIpc) is 2.26. The molecule has 3 heteroatoms. The van der Waals surface area contributed by atoms with Crippen molar-refractivity contribution in [3.63, 3.8) is 0 Å². The van der Waals surface area contributed by atoms with Crippen LogP contribution in [0.5, 0.6) is 5.75 Å². The summed E-state index contributed by atoms with van der Waals surface area (Å²) in [6.07, 6.45) is -2.43. The smallest absolute Gasteiger partial charge is 0.272 e. The van der Waals surface area contributed by atoms with E-state index in [1.807, 2.05) is 30.3 Å². The molecule has 0 fully saturated rings. The highest BCUT2D eigenvalue weighted by Crippen LogP contribution is 2.20. The Bertz CT molecular complexity index is 454. The summed E-state index contributed by atoms with van der Waals surface area (Å²) in [6, 6.07) is 13.0. The Morgan fingerprint density at radius 1 is 1.00 bits per heavy atom. The molecule has 0 radical (unpaired) electrons. The van der Waals surface area contributed by atoms with E-state index in [0.29, 0.717) is 5.75 Å². The molecule has 0 saturated heterocycles. The molecular weight excluding hydrogens is 198 g/mol. The predicted octanol–water partition coefficient (Wildman–Crippen LogP) is 3.48. The molecule has 0 aromatic heterocycles. The van der Waals surface area contributed by atoms with Gasteiger partial charge in [0.2, 0.25) is 0 Å². The first-order valence-corrected chi connectivity index (χ1v) is 4.65. The Kier molecular flexibility index (Phi) is 2.81. The molecule has 0 aliphatic heterocycles. The summed E-state index contributed by atoms with van der Waals surface area (Å²) in [6.45, 7) is -0.557. The summed E-state index contributed by atoms with van der Waals surface area (Å²) in [7, 11) is 0. The maximum Gasteiger partial charge on any atom is 0.272 e. The molecule has 2 aromatic carbocycles. The maximum atomic E-state index is 11.9. The normalized spacial score (nSPS) is 10.9. The molecule has 0 aliphatic carbocycles. The lowest BCUT2D eigenvalue weighted by Crippen LogP contribution is -2.06. The van der Waals surface area contributed by atoms with Crippen LogP contribution in [0.1, 0.15) is 0 Å². The van der Waals surface area contributed by atoms with Crippen molar-refractivity contribution in [1.82, 2.24) is 0 Å². The summed E-state index contributed by atoms with van der Waals surface area (Å²) < 4.78 is 28.7. The third-order valence-electron chi connectivity index (χ3n) is 2.10. The van der Waals surface area contributed by atoms with Gasteiger partial charge in [0.25, 0.3) is 6.43 Å². The minimum absolute atomic E-state index is 0.481. The standard InChI is InChI=1S/C12H10F2O/c13-12(14)8-15-11-6-5-9-3-1-2-4-10(9)7-11/h1-7,12H,8H2. The molecule has 0 heterocycles. The van der Waals surface area contributed by atoms with Crippen LogP contribution < -0.4 is 4.74 Å². The fourth-order valence-corrected chi connectivity index (χ4v) is 1.42. The van der Waals surface area contributed by atoms with Gasteiger partial charge in [0.05, 0.1) is 0 Å². The van der Waals surface area contributed by atoms with Crippen LogP contribution in [-0.2, 0) is 0 Å². The van der Waals surface area contributed by atoms with E-state index >= 15 is 0 Å². The quantitative estimate of drug-likeness (QED) is 0.750. The van der Waals surface area contributed by atoms with Crippen LogP contribution in [0, 0.1) is 0 Å². The second-order valence-electron chi connectivity index (χ2n) is 3.21. The van der Waals surface area contributed by atoms with Gasteiger partial charge in [-0.25, -0.2) is 8.78 Å². The van der Waals surface area contributed by atoms with E-state index in [2.05, 4.69) is 0 Å². The van der Waals surface area contributed by atoms with Gasteiger partial charge in [-0.1, -0.05) is 30.3 Å². The summed E-state index contributed by atoms with van der Waals surface area (Å²) in [5.41, 5.74) is 0. The topological polar surface area (TPSA) is 9.23 Å². The van der Waals surface area contributed by atoms with Crippen molar-refractivity contribution in [2.24, 2.45) is 0 Å². The van der Waals surface area contributed by atoms with E-state index < -0.39 is 13.0 Å². The van der Waals surface area contributed by atoms with Crippen molar-refractivity contribution in [2.75, 3.05) is 6.61 Å². The zero-order chi connectivity index (χ0) is 10.7. The van der Waals surface area contributed by atoms with Gasteiger partial charge in [-0.05, 0) is 22.9 Å². The zero-order valence-electron chi connectivity index (χ0n) is 7.99. The number of hydrogen-bond acceptors (Lipinski definition) is 1. The fraction of sp³-hybridized carbons (Fsp3) is 0.167. The molecule has 2 rings (SSSR count). The monoisotopic (exact) mass is 208 g/mol. The number of hydrogen-bond donors (Lipinski definition) is 0. The molecule has 78 valence electrons. The molecule has 0 N–H and O–H groups in total. The lowest BCUT2D eigenvalue weighted by Gasteiger charge is -2.06. The van der Waals surface area contributed by atoms with Crippen molar-refractivity contribution in [3.05, 3.63) is 42.5 Å². The van der Waals surface area contributed by atoms with E-state index in [0.717, 1.165) is 10.8 Å². The molecule has 0 bridgehead atoms. The van der Waals surface area contributed by atoms with Crippen LogP contribution in [0.3, 0.4) is 0 Å². The molecule has 2 aromatic rings. The van der Waals surface area contributed by atoms with Crippen molar-refractivity contribution in [3.8, 4) is 5.75 Å². The van der Waals surface area contributed by atoms with E-state index in [1.165, 1.54) is 0 Å². The highest BCUT2D eigenvalue weighted by Gasteiger charge is 2.03. The number of alkyl halides is 2. The van der Waals surface area contributed by atoms with Gasteiger partial charge in [-0.2, -0.15) is 0 Å². The number of fused-ring (bicyclic) bond motifs is 1. The number of rotatable bonds is 3. The Balaban J connectivity index is 2.23. The van der Waals surface area contributed by atoms with Gasteiger partial charge in [0, 0.05) is 0 Å². The Hall–Kier alpha value is -1.64. The van der Waals surface area contributed by atoms with E-state index in [1.54, 1.807) is 12.1 Å². The third kappa shape index (κ3) is 2.43. The van der Waals surface area contributed by atoms with Gasteiger partial charge in [-0.3, -0.25) is 0 Å². The van der Waals surface area contributed by atoms with E-state index in [4.69, 9.17) is 4.74 Å². The summed E-state index contributed by atoms with van der Waals surface area (Å²) in [4.78, 5) is 0. The van der Waals surface area contributed by atoms with Crippen molar-refractivity contribution >= 4 is 10.8 Å². The van der Waals surface area contributed by atoms with Gasteiger partial charge >= 0.3 is 0 Å². The second-order valence-corrected chi connectivity index (χ2v) is 3.21. The molecule has 0 saturated carbocycles. The van der Waals surface area contributed by atoms with E-state index in [9.17, 15) is 8.78 Å². The first kappa shape index (κ1) is 9.90. The highest BCUT2D eigenvalue weighted by atomic mass is 19.3. The minimum Gasteiger partial charge on any atom is -0.488 e. The van der Waals surface area contributed by atoms with Gasteiger partial charge in [0.15, 0.2) is 0 Å². The van der Waals surface area contributed by atoms with Crippen molar-refractivity contribution in [2.45, 2.75) is 6.43 Å². The molecule has 15 heavy (non-hydrogen) atoms. The highest BCUT2D eigenvalue weighted by molar-refractivity contribution is 5.83. The predicted molar refractivity (Wildman–Crippen MR) is 55.4 cm³/mol. The largest absolute Gasteiger partial charge is 0.488 e. The Labute approximate surface area is 86.3 Å². The van der Waals surface area contributed by atoms with Gasteiger partial charge in [0.1, 0.15) is 12.4 Å². The zero-order valence-corrected chi connectivity index (χ0v) is 7.99. The maximum absolute atomic E-state index is 11.9. The third-order valence-corrected chi connectivity index (χ3v) is 2.10. The van der Waals surface area contributed by atoms with Crippen LogP contribution in [-0.4, -0.2) is 13.0 Å². The second kappa shape index (κ2) is 4.26. The molecule has 0 atom stereocenters. The SMILES string of the molecule is FC(F)COc1ccc2ccccc2c1. The Morgan fingerprint density at radius 3 is 2.47 bits per heavy atom. The molecule has 0 spiro atoms. The summed E-state index contributed by atoms with van der Waals surface area (Å²) >= 11 is 0. The fourth-order valence-electron chi connectivity index (χ4n) is 1.42. The van der Waals surface area contributed by atoms with Crippen LogP contribution in [0.15, 0.2) is 42.5 Å². The van der Waals surface area contributed by atoms with Crippen molar-refractivity contribution in [1.29, 1.82) is 0 Å². The van der Waals surface area contributed by atoms with Crippen LogP contribution in [0.2, 0.25) is 0 Å². The summed E-state index contributed by atoms with van der Waals surface area (Å²) in [5.74, 6) is 0.481. The molecular formula is C12H10F2O. The molecule has 1 nitrogen and oxygen atoms in total. The van der Waals surface area contributed by atoms with Gasteiger partial charge < -0.3 is 4.74 Å². The molecule has 0 aliphatic rings. The van der Waals surface area contributed by atoms with Crippen LogP contribution >= 0.6 is 0 Å². The lowest BCUT2D eigenvalue weighted by molar-refractivity contribution is 0.0820. The first-order valence-electron chi connectivity index (χ1n) is 4.65. The molecule has 0 amide bonds. The minimum atomic E-state index is -2.43. The van der Waals surface area contributed by atoms with Crippen LogP contribution in [0.25, 0.3) is 10.8 Å². The molecule has 0 unspecified atom stereocenters.